The minimum Gasteiger partial charge on any atom is -0.389 e. The number of unbranched alkanes of at least 4 members (excludes halogenated alkanes) is 1. The smallest absolute Gasteiger partial charge is 0.0784 e. The van der Waals surface area contributed by atoms with Crippen molar-refractivity contribution in [2.75, 3.05) is 13.1 Å². The van der Waals surface area contributed by atoms with Gasteiger partial charge in [-0.05, 0) is 25.8 Å². The summed E-state index contributed by atoms with van der Waals surface area (Å²) in [6.07, 6.45) is 8.54. The largest absolute Gasteiger partial charge is 0.389 e. The van der Waals surface area contributed by atoms with Gasteiger partial charge in [-0.15, -0.1) is 12.3 Å². The molecule has 2 N–H and O–H groups in total. The second-order valence-corrected chi connectivity index (χ2v) is 3.21. The van der Waals surface area contributed by atoms with E-state index in [-0.39, 0.29) is 0 Å². The van der Waals surface area contributed by atoms with Crippen molar-refractivity contribution in [3.8, 4) is 12.3 Å². The molecule has 1 heterocycles. The molecule has 2 nitrogen and oxygen atoms in total. The first-order chi connectivity index (χ1) is 5.27. The lowest BCUT2D eigenvalue weighted by atomic mass is 9.96. The zero-order valence-corrected chi connectivity index (χ0v) is 6.77. The van der Waals surface area contributed by atoms with Gasteiger partial charge in [0, 0.05) is 13.0 Å². The monoisotopic (exact) mass is 153 g/mol. The van der Waals surface area contributed by atoms with Crippen LogP contribution in [-0.2, 0) is 0 Å². The average Bonchev–Trinajstić information content (AvgIpc) is 2.38. The van der Waals surface area contributed by atoms with Crippen LogP contribution in [0.1, 0.15) is 25.7 Å². The summed E-state index contributed by atoms with van der Waals surface area (Å²) in [5.74, 6) is 2.58. The quantitative estimate of drug-likeness (QED) is 0.457. The van der Waals surface area contributed by atoms with Gasteiger partial charge in [-0.2, -0.15) is 0 Å². The summed E-state index contributed by atoms with van der Waals surface area (Å²) in [5, 5.41) is 12.9. The third-order valence-corrected chi connectivity index (χ3v) is 2.18. The van der Waals surface area contributed by atoms with Crippen LogP contribution in [0.2, 0.25) is 0 Å². The summed E-state index contributed by atoms with van der Waals surface area (Å²) in [6.45, 7) is 1.67. The van der Waals surface area contributed by atoms with Crippen LogP contribution < -0.4 is 5.32 Å². The van der Waals surface area contributed by atoms with Crippen LogP contribution in [0.25, 0.3) is 0 Å². The molecule has 0 spiro atoms. The van der Waals surface area contributed by atoms with Crippen LogP contribution in [0.4, 0.5) is 0 Å². The minimum absolute atomic E-state index is 0.461. The van der Waals surface area contributed by atoms with Gasteiger partial charge in [-0.25, -0.2) is 0 Å². The fourth-order valence-corrected chi connectivity index (χ4v) is 1.46. The molecule has 1 unspecified atom stereocenters. The molecule has 0 radical (unpaired) electrons. The van der Waals surface area contributed by atoms with Crippen LogP contribution in [0.15, 0.2) is 0 Å². The van der Waals surface area contributed by atoms with Crippen LogP contribution in [0.3, 0.4) is 0 Å². The molecule has 1 aliphatic heterocycles. The highest BCUT2D eigenvalue weighted by atomic mass is 16.3. The number of rotatable bonds is 3. The first-order valence-corrected chi connectivity index (χ1v) is 4.13. The number of β-amino-alcohol motifs (C(OH)–C–C–N with tert-alkyl or cyclic N) is 1. The van der Waals surface area contributed by atoms with E-state index in [4.69, 9.17) is 6.42 Å². The molecule has 0 bridgehead atoms. The maximum Gasteiger partial charge on any atom is 0.0784 e. The van der Waals surface area contributed by atoms with E-state index in [1.807, 2.05) is 0 Å². The lowest BCUT2D eigenvalue weighted by Gasteiger charge is -2.19. The molecule has 0 aliphatic carbocycles. The molecule has 0 saturated carbocycles. The van der Waals surface area contributed by atoms with E-state index < -0.39 is 5.60 Å². The van der Waals surface area contributed by atoms with Crippen LogP contribution in [-0.4, -0.2) is 23.8 Å². The zero-order chi connectivity index (χ0) is 8.16. The Balaban J connectivity index is 2.19. The molecule has 1 saturated heterocycles. The van der Waals surface area contributed by atoms with Gasteiger partial charge in [-0.3, -0.25) is 0 Å². The van der Waals surface area contributed by atoms with Gasteiger partial charge in [0.2, 0.25) is 0 Å². The van der Waals surface area contributed by atoms with Crippen molar-refractivity contribution in [2.45, 2.75) is 31.3 Å². The lowest BCUT2D eigenvalue weighted by Crippen LogP contribution is -2.30. The first-order valence-electron chi connectivity index (χ1n) is 4.13. The van der Waals surface area contributed by atoms with Crippen molar-refractivity contribution in [1.82, 2.24) is 5.32 Å². The summed E-state index contributed by atoms with van der Waals surface area (Å²) in [5.41, 5.74) is -0.461. The summed E-state index contributed by atoms with van der Waals surface area (Å²) in [4.78, 5) is 0. The van der Waals surface area contributed by atoms with Gasteiger partial charge in [0.05, 0.1) is 5.60 Å². The van der Waals surface area contributed by atoms with Gasteiger partial charge in [0.15, 0.2) is 0 Å². The second kappa shape index (κ2) is 3.75. The van der Waals surface area contributed by atoms with Gasteiger partial charge < -0.3 is 10.4 Å². The molecule has 1 aliphatic rings. The minimum atomic E-state index is -0.461. The van der Waals surface area contributed by atoms with Crippen molar-refractivity contribution in [3.63, 3.8) is 0 Å². The Morgan fingerprint density at radius 1 is 1.64 bits per heavy atom. The van der Waals surface area contributed by atoms with E-state index in [1.54, 1.807) is 0 Å². The van der Waals surface area contributed by atoms with Gasteiger partial charge in [-0.1, -0.05) is 0 Å². The van der Waals surface area contributed by atoms with Crippen molar-refractivity contribution in [2.24, 2.45) is 0 Å². The van der Waals surface area contributed by atoms with Crippen LogP contribution in [0.5, 0.6) is 0 Å². The molecule has 1 fully saturated rings. The number of hydrogen-bond acceptors (Lipinski definition) is 2. The molecule has 1 rings (SSSR count). The highest BCUT2D eigenvalue weighted by Crippen LogP contribution is 2.20. The number of terminal acetylenes is 1. The van der Waals surface area contributed by atoms with E-state index in [0.29, 0.717) is 0 Å². The maximum atomic E-state index is 9.79. The molecular formula is C9H15NO. The Labute approximate surface area is 68.0 Å². The third kappa shape index (κ3) is 2.53. The van der Waals surface area contributed by atoms with Crippen molar-refractivity contribution >= 4 is 0 Å². The molecule has 0 aromatic carbocycles. The van der Waals surface area contributed by atoms with E-state index in [9.17, 15) is 5.11 Å². The first kappa shape index (κ1) is 8.58. The highest BCUT2D eigenvalue weighted by Gasteiger charge is 2.29. The summed E-state index contributed by atoms with van der Waals surface area (Å²) >= 11 is 0. The van der Waals surface area contributed by atoms with Gasteiger partial charge in [0.25, 0.3) is 0 Å². The van der Waals surface area contributed by atoms with Crippen molar-refractivity contribution in [1.29, 1.82) is 0 Å². The molecular weight excluding hydrogens is 138 g/mol. The fraction of sp³-hybridized carbons (Fsp3) is 0.778. The van der Waals surface area contributed by atoms with E-state index in [1.165, 1.54) is 0 Å². The van der Waals surface area contributed by atoms with E-state index in [2.05, 4.69) is 11.2 Å². The SMILES string of the molecule is C#CCCCC1(O)CCNC1. The number of nitrogens with one attached hydrogen (secondary N) is 1. The Morgan fingerprint density at radius 2 is 2.45 bits per heavy atom. The Bertz CT molecular complexity index is 153. The molecule has 2 heteroatoms. The fourth-order valence-electron chi connectivity index (χ4n) is 1.46. The van der Waals surface area contributed by atoms with Crippen LogP contribution >= 0.6 is 0 Å². The Kier molecular flexibility index (Phi) is 2.92. The summed E-state index contributed by atoms with van der Waals surface area (Å²) in [7, 11) is 0. The second-order valence-electron chi connectivity index (χ2n) is 3.21. The number of hydrogen-bond donors (Lipinski definition) is 2. The topological polar surface area (TPSA) is 32.3 Å². The molecule has 0 amide bonds. The summed E-state index contributed by atoms with van der Waals surface area (Å²) in [6, 6.07) is 0. The molecule has 62 valence electrons. The van der Waals surface area contributed by atoms with Crippen molar-refractivity contribution < 1.29 is 5.11 Å². The zero-order valence-electron chi connectivity index (χ0n) is 6.77. The van der Waals surface area contributed by atoms with E-state index in [0.717, 1.165) is 38.8 Å². The normalized spacial score (nSPS) is 30.2. The van der Waals surface area contributed by atoms with E-state index >= 15 is 0 Å². The highest BCUT2D eigenvalue weighted by molar-refractivity contribution is 4.90. The molecule has 0 aromatic rings. The standard InChI is InChI=1S/C9H15NO/c1-2-3-4-5-9(11)6-7-10-8-9/h1,10-11H,3-8H2. The molecule has 11 heavy (non-hydrogen) atoms. The average molecular weight is 153 g/mol. The predicted molar refractivity (Wildman–Crippen MR) is 45.1 cm³/mol. The van der Waals surface area contributed by atoms with Gasteiger partial charge in [0.1, 0.15) is 0 Å². The van der Waals surface area contributed by atoms with Crippen molar-refractivity contribution in [3.05, 3.63) is 0 Å². The van der Waals surface area contributed by atoms with Gasteiger partial charge >= 0.3 is 0 Å². The summed E-state index contributed by atoms with van der Waals surface area (Å²) < 4.78 is 0. The predicted octanol–water partition coefficient (Wildman–Crippen LogP) is 0.514. The van der Waals surface area contributed by atoms with Crippen LogP contribution in [0, 0.1) is 12.3 Å². The Hall–Kier alpha value is -0.520. The Morgan fingerprint density at radius 3 is 3.00 bits per heavy atom. The lowest BCUT2D eigenvalue weighted by molar-refractivity contribution is 0.0507. The number of aliphatic hydroxyl groups is 1. The third-order valence-electron chi connectivity index (χ3n) is 2.18. The molecule has 0 aromatic heterocycles. The molecule has 1 atom stereocenters. The maximum absolute atomic E-state index is 9.79.